The van der Waals surface area contributed by atoms with E-state index in [0.717, 1.165) is 21.4 Å². The second-order valence-corrected chi connectivity index (χ2v) is 5.76. The van der Waals surface area contributed by atoms with Crippen LogP contribution in [0.2, 0.25) is 5.02 Å². The van der Waals surface area contributed by atoms with Crippen molar-refractivity contribution in [3.8, 4) is 0 Å². The van der Waals surface area contributed by atoms with Crippen molar-refractivity contribution < 1.29 is 9.52 Å². The summed E-state index contributed by atoms with van der Waals surface area (Å²) < 4.78 is 5.72. The maximum absolute atomic E-state index is 10.5. The van der Waals surface area contributed by atoms with Crippen molar-refractivity contribution in [1.82, 2.24) is 0 Å². The fraction of sp³-hybridized carbons (Fsp3) is 0.125. The summed E-state index contributed by atoms with van der Waals surface area (Å²) in [6.07, 6.45) is 1.22. The van der Waals surface area contributed by atoms with Crippen molar-refractivity contribution in [2.24, 2.45) is 0 Å². The van der Waals surface area contributed by atoms with Gasteiger partial charge in [0.05, 0.1) is 0 Å². The Bertz CT molecular complexity index is 751. The smallest absolute Gasteiger partial charge is 0.138 e. The van der Waals surface area contributed by atoms with Crippen LogP contribution >= 0.6 is 23.4 Å². The van der Waals surface area contributed by atoms with Crippen LogP contribution in [0.25, 0.3) is 11.0 Å². The molecule has 3 aromatic rings. The van der Waals surface area contributed by atoms with Crippen LogP contribution in [-0.2, 0) is 0 Å². The molecule has 0 amide bonds. The number of aliphatic hydroxyl groups excluding tert-OH is 1. The molecule has 0 fully saturated rings. The zero-order valence-corrected chi connectivity index (χ0v) is 12.4. The van der Waals surface area contributed by atoms with Gasteiger partial charge in [-0.25, -0.2) is 0 Å². The Hall–Kier alpha value is -1.42. The molecule has 0 radical (unpaired) electrons. The molecule has 0 aliphatic carbocycles. The Morgan fingerprint density at radius 2 is 1.95 bits per heavy atom. The van der Waals surface area contributed by atoms with Crippen molar-refractivity contribution in [1.29, 1.82) is 0 Å². The summed E-state index contributed by atoms with van der Waals surface area (Å²) in [4.78, 5) is 1.04. The zero-order chi connectivity index (χ0) is 14.1. The van der Waals surface area contributed by atoms with Gasteiger partial charge >= 0.3 is 0 Å². The topological polar surface area (TPSA) is 33.4 Å². The molecule has 0 saturated heterocycles. The third-order valence-electron chi connectivity index (χ3n) is 3.20. The maximum Gasteiger partial charge on any atom is 0.138 e. The molecular weight excluding hydrogens is 292 g/mol. The zero-order valence-electron chi connectivity index (χ0n) is 10.8. The van der Waals surface area contributed by atoms with Gasteiger partial charge in [0.25, 0.3) is 0 Å². The van der Waals surface area contributed by atoms with Gasteiger partial charge < -0.3 is 9.52 Å². The van der Waals surface area contributed by atoms with Crippen molar-refractivity contribution in [2.75, 3.05) is 6.26 Å². The Labute approximate surface area is 126 Å². The quantitative estimate of drug-likeness (QED) is 0.699. The van der Waals surface area contributed by atoms with E-state index < -0.39 is 6.10 Å². The highest BCUT2D eigenvalue weighted by atomic mass is 35.5. The fourth-order valence-corrected chi connectivity index (χ4v) is 3.03. The number of benzene rings is 2. The molecule has 1 heterocycles. The molecule has 2 nitrogen and oxygen atoms in total. The van der Waals surface area contributed by atoms with Crippen molar-refractivity contribution in [3.05, 3.63) is 64.9 Å². The first-order valence-corrected chi connectivity index (χ1v) is 7.79. The summed E-state index contributed by atoms with van der Waals surface area (Å²) in [6, 6.07) is 15.0. The van der Waals surface area contributed by atoms with Gasteiger partial charge in [-0.2, -0.15) is 0 Å². The minimum atomic E-state index is -0.773. The number of thioether (sulfide) groups is 1. The molecule has 4 heteroatoms. The molecule has 0 spiro atoms. The van der Waals surface area contributed by atoms with E-state index in [2.05, 4.69) is 0 Å². The highest BCUT2D eigenvalue weighted by Crippen LogP contribution is 2.33. The Balaban J connectivity index is 2.05. The molecule has 0 aliphatic heterocycles. The molecule has 1 atom stereocenters. The van der Waals surface area contributed by atoms with Gasteiger partial charge in [0.15, 0.2) is 0 Å². The number of rotatable bonds is 3. The molecule has 1 N–H and O–H groups in total. The van der Waals surface area contributed by atoms with E-state index in [9.17, 15) is 5.11 Å². The van der Waals surface area contributed by atoms with E-state index in [1.165, 1.54) is 0 Å². The van der Waals surface area contributed by atoms with Crippen LogP contribution in [0.1, 0.15) is 17.4 Å². The molecule has 20 heavy (non-hydrogen) atoms. The summed E-state index contributed by atoms with van der Waals surface area (Å²) in [7, 11) is 0. The lowest BCUT2D eigenvalue weighted by Crippen LogP contribution is -1.99. The standard InChI is InChI=1S/C16H13ClO2S/c1-20-15-5-3-2-4-12(15)16(18)14-9-10-8-11(17)6-7-13(10)19-14/h2-9,16,18H,1H3. The van der Waals surface area contributed by atoms with Crippen LogP contribution in [0.5, 0.6) is 0 Å². The first-order chi connectivity index (χ1) is 9.69. The molecule has 3 rings (SSSR count). The van der Waals surface area contributed by atoms with Crippen molar-refractivity contribution in [2.45, 2.75) is 11.0 Å². The largest absolute Gasteiger partial charge is 0.458 e. The molecular formula is C16H13ClO2S. The lowest BCUT2D eigenvalue weighted by molar-refractivity contribution is 0.189. The minimum absolute atomic E-state index is 0.531. The number of aliphatic hydroxyl groups is 1. The van der Waals surface area contributed by atoms with Gasteiger partial charge in [-0.3, -0.25) is 0 Å². The first kappa shape index (κ1) is 13.6. The lowest BCUT2D eigenvalue weighted by Gasteiger charge is -2.11. The normalized spacial score (nSPS) is 12.8. The van der Waals surface area contributed by atoms with E-state index in [1.807, 2.05) is 48.7 Å². The highest BCUT2D eigenvalue weighted by Gasteiger charge is 2.18. The number of halogens is 1. The summed E-state index contributed by atoms with van der Waals surface area (Å²) in [5.74, 6) is 0.531. The summed E-state index contributed by atoms with van der Waals surface area (Å²) in [5.41, 5.74) is 1.58. The SMILES string of the molecule is CSc1ccccc1C(O)c1cc2cc(Cl)ccc2o1. The van der Waals surface area contributed by atoms with Gasteiger partial charge in [0.2, 0.25) is 0 Å². The van der Waals surface area contributed by atoms with E-state index in [4.69, 9.17) is 16.0 Å². The van der Waals surface area contributed by atoms with Crippen molar-refractivity contribution in [3.63, 3.8) is 0 Å². The fourth-order valence-electron chi connectivity index (χ4n) is 2.22. The Morgan fingerprint density at radius 3 is 2.75 bits per heavy atom. The molecule has 0 bridgehead atoms. The molecule has 0 saturated carbocycles. The molecule has 1 unspecified atom stereocenters. The number of hydrogen-bond donors (Lipinski definition) is 1. The molecule has 1 aromatic heterocycles. The third kappa shape index (κ3) is 2.44. The van der Waals surface area contributed by atoms with Crippen molar-refractivity contribution >= 4 is 34.3 Å². The van der Waals surface area contributed by atoms with Gasteiger partial charge in [-0.05, 0) is 36.6 Å². The van der Waals surface area contributed by atoms with E-state index in [-0.39, 0.29) is 0 Å². The maximum atomic E-state index is 10.5. The van der Waals surface area contributed by atoms with Gasteiger partial charge in [-0.15, -0.1) is 11.8 Å². The van der Waals surface area contributed by atoms with E-state index in [1.54, 1.807) is 17.8 Å². The highest BCUT2D eigenvalue weighted by molar-refractivity contribution is 7.98. The van der Waals surface area contributed by atoms with Crippen LogP contribution in [-0.4, -0.2) is 11.4 Å². The van der Waals surface area contributed by atoms with Crippen LogP contribution in [0, 0.1) is 0 Å². The van der Waals surface area contributed by atoms with Gasteiger partial charge in [0, 0.05) is 20.9 Å². The first-order valence-electron chi connectivity index (χ1n) is 6.19. The molecule has 102 valence electrons. The van der Waals surface area contributed by atoms with Crippen LogP contribution in [0.3, 0.4) is 0 Å². The molecule has 0 aliphatic rings. The second-order valence-electron chi connectivity index (χ2n) is 4.48. The van der Waals surface area contributed by atoms with Crippen LogP contribution in [0.15, 0.2) is 57.8 Å². The van der Waals surface area contributed by atoms with E-state index >= 15 is 0 Å². The Kier molecular flexibility index (Phi) is 3.74. The predicted octanol–water partition coefficient (Wildman–Crippen LogP) is 4.89. The average molecular weight is 305 g/mol. The number of fused-ring (bicyclic) bond motifs is 1. The summed E-state index contributed by atoms with van der Waals surface area (Å²) in [6.45, 7) is 0. The summed E-state index contributed by atoms with van der Waals surface area (Å²) in [5, 5.41) is 12.1. The molecule has 2 aromatic carbocycles. The van der Waals surface area contributed by atoms with Crippen LogP contribution in [0.4, 0.5) is 0 Å². The number of furan rings is 1. The third-order valence-corrected chi connectivity index (χ3v) is 4.25. The minimum Gasteiger partial charge on any atom is -0.458 e. The predicted molar refractivity (Wildman–Crippen MR) is 83.5 cm³/mol. The lowest BCUT2D eigenvalue weighted by atomic mass is 10.1. The van der Waals surface area contributed by atoms with Crippen LogP contribution < -0.4 is 0 Å². The average Bonchev–Trinajstić information content (AvgIpc) is 2.89. The van der Waals surface area contributed by atoms with E-state index in [0.29, 0.717) is 10.8 Å². The monoisotopic (exact) mass is 304 g/mol. The van der Waals surface area contributed by atoms with Gasteiger partial charge in [0.1, 0.15) is 17.4 Å². The Morgan fingerprint density at radius 1 is 1.15 bits per heavy atom. The van der Waals surface area contributed by atoms with Gasteiger partial charge in [-0.1, -0.05) is 29.8 Å². The number of hydrogen-bond acceptors (Lipinski definition) is 3. The second kappa shape index (κ2) is 5.52. The summed E-state index contributed by atoms with van der Waals surface area (Å²) >= 11 is 7.57.